The summed E-state index contributed by atoms with van der Waals surface area (Å²) in [5.74, 6) is 4.61. The van der Waals surface area contributed by atoms with Crippen LogP contribution in [0.3, 0.4) is 0 Å². The van der Waals surface area contributed by atoms with Crippen LogP contribution in [0.25, 0.3) is 44.2 Å². The summed E-state index contributed by atoms with van der Waals surface area (Å²) in [6.07, 6.45) is 15.5. The van der Waals surface area contributed by atoms with Crippen LogP contribution >= 0.6 is 0 Å². The number of carboxylic acids is 2. The van der Waals surface area contributed by atoms with Crippen LogP contribution in [0, 0.1) is 35.5 Å². The van der Waals surface area contributed by atoms with Crippen LogP contribution in [0.5, 0.6) is 17.2 Å². The van der Waals surface area contributed by atoms with Crippen molar-refractivity contribution < 1.29 is 48.6 Å². The van der Waals surface area contributed by atoms with Crippen LogP contribution in [0.2, 0.25) is 0 Å². The summed E-state index contributed by atoms with van der Waals surface area (Å²) >= 11 is 0. The molecule has 14 rings (SSSR count). The van der Waals surface area contributed by atoms with E-state index in [1.807, 2.05) is 18.2 Å². The van der Waals surface area contributed by atoms with E-state index in [9.17, 15) is 30.0 Å². The Balaban J connectivity index is 0.000000150. The highest BCUT2D eigenvalue weighted by atomic mass is 16.7. The van der Waals surface area contributed by atoms with E-state index in [-0.39, 0.29) is 34.5 Å². The summed E-state index contributed by atoms with van der Waals surface area (Å²) in [7, 11) is 1.66. The highest BCUT2D eigenvalue weighted by Crippen LogP contribution is 2.63. The second-order valence-corrected chi connectivity index (χ2v) is 20.9. The molecule has 8 saturated carbocycles. The van der Waals surface area contributed by atoms with Crippen molar-refractivity contribution in [2.75, 3.05) is 27.1 Å². The van der Waals surface area contributed by atoms with Gasteiger partial charge in [-0.3, -0.25) is 0 Å². The number of benzene rings is 5. The molecule has 1 aromatic heterocycles. The number of carboxylic acid groups (broad SMARTS) is 2. The minimum Gasteiger partial charge on any atom is -0.508 e. The Morgan fingerprint density at radius 3 is 1.79 bits per heavy atom. The lowest BCUT2D eigenvalue weighted by molar-refractivity contribution is -0.0188. The number of aromatic carboxylic acids is 2. The van der Waals surface area contributed by atoms with Gasteiger partial charge < -0.3 is 39.1 Å². The minimum absolute atomic E-state index is 0.0943. The minimum atomic E-state index is -1.14. The van der Waals surface area contributed by atoms with Gasteiger partial charge in [-0.05, 0) is 218 Å². The van der Waals surface area contributed by atoms with Crippen LogP contribution in [-0.2, 0) is 20.3 Å². The first kappa shape index (κ1) is 42.8. The molecule has 8 fully saturated rings. The summed E-state index contributed by atoms with van der Waals surface area (Å²) in [5.41, 5.74) is 6.15. The third-order valence-electron chi connectivity index (χ3n) is 16.5. The average molecular weight is 891 g/mol. The number of furan rings is 1. The third-order valence-corrected chi connectivity index (χ3v) is 16.5. The third kappa shape index (κ3) is 7.89. The van der Waals surface area contributed by atoms with Gasteiger partial charge in [0.2, 0.25) is 0 Å². The summed E-state index contributed by atoms with van der Waals surface area (Å²) < 4.78 is 23.1. The fraction of sp³-hybridized carbons (Fsp3) is 0.429. The number of carbonyl (C=O) groups is 2. The van der Waals surface area contributed by atoms with Gasteiger partial charge in [-0.2, -0.15) is 0 Å². The normalized spacial score (nSPS) is 27.8. The SMILES string of the molecule is COCCOCOc1cc2ccc(-c3ccc(C(=O)O)c(O)c3)cc2cc1C12CC3CC(CC(C3)C1)C2.O=C(O)c1ccc2oc(-c3ccc(O)c(C45CC6CC(CC(C6)C4)C5)c3)cc2c1. The molecule has 0 amide bonds. The van der Waals surface area contributed by atoms with E-state index >= 15 is 0 Å². The Bertz CT molecular complexity index is 2780. The monoisotopic (exact) mass is 890 g/mol. The molecule has 0 saturated heterocycles. The zero-order valence-corrected chi connectivity index (χ0v) is 37.5. The van der Waals surface area contributed by atoms with Crippen LogP contribution in [0.15, 0.2) is 95.4 Å². The fourth-order valence-corrected chi connectivity index (χ4v) is 14.5. The molecule has 0 spiro atoms. The molecule has 8 bridgehead atoms. The first-order valence-electron chi connectivity index (χ1n) is 23.9. The maximum absolute atomic E-state index is 11.3. The van der Waals surface area contributed by atoms with E-state index in [0.29, 0.717) is 30.3 Å². The molecule has 10 heteroatoms. The van der Waals surface area contributed by atoms with Crippen molar-refractivity contribution in [3.8, 4) is 39.7 Å². The molecular formula is C56H58O10. The molecule has 8 aliphatic carbocycles. The zero-order chi connectivity index (χ0) is 45.3. The molecule has 1 heterocycles. The maximum Gasteiger partial charge on any atom is 0.339 e. The maximum atomic E-state index is 11.3. The number of hydrogen-bond acceptors (Lipinski definition) is 8. The van der Waals surface area contributed by atoms with Crippen molar-refractivity contribution >= 4 is 33.7 Å². The van der Waals surface area contributed by atoms with E-state index in [1.54, 1.807) is 37.4 Å². The molecule has 342 valence electrons. The zero-order valence-electron chi connectivity index (χ0n) is 37.5. The number of hydrogen-bond donors (Lipinski definition) is 4. The molecule has 5 aromatic carbocycles. The number of rotatable bonds is 12. The van der Waals surface area contributed by atoms with Crippen molar-refractivity contribution in [2.45, 2.75) is 87.9 Å². The van der Waals surface area contributed by atoms with Crippen LogP contribution in [0.4, 0.5) is 0 Å². The van der Waals surface area contributed by atoms with Gasteiger partial charge in [-0.25, -0.2) is 9.59 Å². The lowest BCUT2D eigenvalue weighted by Crippen LogP contribution is -2.48. The standard InChI is InChI=1S/C31H34O6.C25H24O4/c1-35-6-7-36-18-37-29-14-24-3-2-22(23-4-5-26(30(33)34)28(32)13-23)11-25(24)12-27(29)31-15-19-8-20(16-31)10-21(9-19)17-31;26-21-3-1-17(23-10-19-8-18(24(27)28)2-4-22(19)29-23)9-20(21)25-11-14-5-15(12-25)7-16(6-14)13-25/h2-5,11-14,19-21,32H,6-10,15-18H2,1H3,(H,33,34);1-4,8-10,14-16,26H,5-7,11-13H2,(H,27,28). The fourth-order valence-electron chi connectivity index (χ4n) is 14.5. The number of methoxy groups -OCH3 is 1. The van der Waals surface area contributed by atoms with Crippen molar-refractivity contribution in [1.29, 1.82) is 0 Å². The molecule has 0 unspecified atom stereocenters. The predicted molar refractivity (Wildman–Crippen MR) is 251 cm³/mol. The number of ether oxygens (including phenoxy) is 3. The van der Waals surface area contributed by atoms with Gasteiger partial charge in [-0.1, -0.05) is 18.2 Å². The Morgan fingerprint density at radius 2 is 1.18 bits per heavy atom. The van der Waals surface area contributed by atoms with Gasteiger partial charge in [0.1, 0.15) is 34.2 Å². The highest BCUT2D eigenvalue weighted by Gasteiger charge is 2.54. The first-order valence-corrected chi connectivity index (χ1v) is 23.9. The topological polar surface area (TPSA) is 156 Å². The number of phenols is 2. The molecule has 4 N–H and O–H groups in total. The summed E-state index contributed by atoms with van der Waals surface area (Å²) in [5, 5.41) is 42.5. The lowest BCUT2D eigenvalue weighted by atomic mass is 9.48. The van der Waals surface area contributed by atoms with Crippen LogP contribution in [-0.4, -0.2) is 59.5 Å². The largest absolute Gasteiger partial charge is 0.508 e. The molecule has 10 nitrogen and oxygen atoms in total. The van der Waals surface area contributed by atoms with Gasteiger partial charge in [0.15, 0.2) is 6.79 Å². The van der Waals surface area contributed by atoms with E-state index < -0.39 is 11.9 Å². The lowest BCUT2D eigenvalue weighted by Gasteiger charge is -2.57. The Kier molecular flexibility index (Phi) is 10.9. The van der Waals surface area contributed by atoms with Crippen LogP contribution in [0.1, 0.15) is 109 Å². The molecule has 8 aliphatic rings. The average Bonchev–Trinajstić information content (AvgIpc) is 3.72. The molecule has 0 atom stereocenters. The number of phenolic OH excluding ortho intramolecular Hbond substituents is 1. The smallest absolute Gasteiger partial charge is 0.339 e. The van der Waals surface area contributed by atoms with Gasteiger partial charge >= 0.3 is 11.9 Å². The van der Waals surface area contributed by atoms with Gasteiger partial charge in [0.25, 0.3) is 0 Å². The molecule has 6 aromatic rings. The second-order valence-electron chi connectivity index (χ2n) is 20.9. The van der Waals surface area contributed by atoms with Crippen molar-refractivity contribution in [3.63, 3.8) is 0 Å². The van der Waals surface area contributed by atoms with E-state index in [4.69, 9.17) is 18.6 Å². The Hall–Kier alpha value is -5.84. The predicted octanol–water partition coefficient (Wildman–Crippen LogP) is 12.3. The quantitative estimate of drug-likeness (QED) is 0.0689. The Labute approximate surface area is 384 Å². The van der Waals surface area contributed by atoms with Crippen LogP contribution < -0.4 is 4.74 Å². The first-order chi connectivity index (χ1) is 31.9. The van der Waals surface area contributed by atoms with Gasteiger partial charge in [0, 0.05) is 29.2 Å². The van der Waals surface area contributed by atoms with Crippen molar-refractivity contribution in [1.82, 2.24) is 0 Å². The number of aromatic hydroxyl groups is 2. The Morgan fingerprint density at radius 1 is 0.576 bits per heavy atom. The molecule has 66 heavy (non-hydrogen) atoms. The van der Waals surface area contributed by atoms with E-state index in [0.717, 1.165) is 79.7 Å². The molecular weight excluding hydrogens is 833 g/mol. The second kappa shape index (κ2) is 16.8. The van der Waals surface area contributed by atoms with Crippen molar-refractivity contribution in [2.24, 2.45) is 35.5 Å². The van der Waals surface area contributed by atoms with Gasteiger partial charge in [0.05, 0.1) is 18.8 Å². The van der Waals surface area contributed by atoms with E-state index in [2.05, 4.69) is 30.3 Å². The summed E-state index contributed by atoms with van der Waals surface area (Å²) in [6, 6.07) is 28.0. The molecule has 0 radical (unpaired) electrons. The van der Waals surface area contributed by atoms with E-state index in [1.165, 1.54) is 94.7 Å². The highest BCUT2D eigenvalue weighted by molar-refractivity contribution is 5.95. The van der Waals surface area contributed by atoms with Gasteiger partial charge in [-0.15, -0.1) is 0 Å². The molecule has 0 aliphatic heterocycles. The van der Waals surface area contributed by atoms with Crippen molar-refractivity contribution in [3.05, 3.63) is 113 Å². The summed E-state index contributed by atoms with van der Waals surface area (Å²) in [6.45, 7) is 1.23. The number of fused-ring (bicyclic) bond motifs is 2. The summed E-state index contributed by atoms with van der Waals surface area (Å²) in [4.78, 5) is 22.6.